The molecule has 1 saturated heterocycles. The van der Waals surface area contributed by atoms with Crippen molar-refractivity contribution in [3.05, 3.63) is 59.1 Å². The zero-order valence-corrected chi connectivity index (χ0v) is 16.8. The molecule has 1 unspecified atom stereocenters. The number of thiocarbonyl (C=S) groups is 1. The number of aryl methyl sites for hydroxylation is 1. The number of carbonyl (C=O) groups is 2. The van der Waals surface area contributed by atoms with Gasteiger partial charge < -0.3 is 14.8 Å². The SMILES string of the molecule is Cc1ccc(CNC(=O)CCCN2C(=O)C3C=C4OCOC4=CC3=NC2=S)cc1. The smallest absolute Gasteiger partial charge is 0.241 e. The van der Waals surface area contributed by atoms with Crippen LogP contribution < -0.4 is 5.32 Å². The first kappa shape index (κ1) is 19.3. The van der Waals surface area contributed by atoms with Crippen LogP contribution in [0.5, 0.6) is 0 Å². The number of benzene rings is 1. The molecule has 7 nitrogen and oxygen atoms in total. The van der Waals surface area contributed by atoms with Crippen LogP contribution in [0.3, 0.4) is 0 Å². The van der Waals surface area contributed by atoms with Crippen molar-refractivity contribution in [1.82, 2.24) is 10.2 Å². The van der Waals surface area contributed by atoms with Gasteiger partial charge in [0.15, 0.2) is 11.5 Å². The van der Waals surface area contributed by atoms with Gasteiger partial charge in [-0.15, -0.1) is 0 Å². The van der Waals surface area contributed by atoms with Gasteiger partial charge in [-0.2, -0.15) is 0 Å². The number of hydrogen-bond donors (Lipinski definition) is 1. The molecule has 1 aliphatic carbocycles. The number of nitrogens with zero attached hydrogens (tertiary/aromatic N) is 2. The second kappa shape index (κ2) is 8.16. The van der Waals surface area contributed by atoms with Gasteiger partial charge in [0, 0.05) is 25.6 Å². The fourth-order valence-electron chi connectivity index (χ4n) is 3.33. The van der Waals surface area contributed by atoms with Crippen molar-refractivity contribution in [2.45, 2.75) is 26.3 Å². The number of carbonyl (C=O) groups excluding carboxylic acids is 2. The molecule has 1 N–H and O–H groups in total. The van der Waals surface area contributed by atoms with Gasteiger partial charge in [0.25, 0.3) is 0 Å². The zero-order valence-electron chi connectivity index (χ0n) is 16.0. The van der Waals surface area contributed by atoms with Crippen LogP contribution in [0.15, 0.2) is 52.9 Å². The summed E-state index contributed by atoms with van der Waals surface area (Å²) in [5, 5.41) is 3.12. The van der Waals surface area contributed by atoms with E-state index < -0.39 is 5.92 Å². The van der Waals surface area contributed by atoms with E-state index in [0.29, 0.717) is 43.2 Å². The molecule has 4 rings (SSSR count). The Kier molecular flexibility index (Phi) is 5.44. The molecule has 2 amide bonds. The molecule has 8 heteroatoms. The summed E-state index contributed by atoms with van der Waals surface area (Å²) >= 11 is 5.29. The lowest BCUT2D eigenvalue weighted by molar-refractivity contribution is -0.129. The lowest BCUT2D eigenvalue weighted by Crippen LogP contribution is -2.46. The zero-order chi connectivity index (χ0) is 20.4. The normalized spacial score (nSPS) is 20.0. The van der Waals surface area contributed by atoms with Crippen molar-refractivity contribution in [2.75, 3.05) is 13.3 Å². The van der Waals surface area contributed by atoms with Crippen molar-refractivity contribution in [3.8, 4) is 0 Å². The molecule has 29 heavy (non-hydrogen) atoms. The first-order chi connectivity index (χ1) is 14.0. The summed E-state index contributed by atoms with van der Waals surface area (Å²) < 4.78 is 10.7. The van der Waals surface area contributed by atoms with Gasteiger partial charge in [0.2, 0.25) is 23.7 Å². The van der Waals surface area contributed by atoms with E-state index in [4.69, 9.17) is 21.7 Å². The third-order valence-electron chi connectivity index (χ3n) is 4.97. The van der Waals surface area contributed by atoms with E-state index in [0.717, 1.165) is 5.56 Å². The molecule has 0 saturated carbocycles. The van der Waals surface area contributed by atoms with Crippen LogP contribution in [0.4, 0.5) is 0 Å². The first-order valence-electron chi connectivity index (χ1n) is 9.47. The van der Waals surface area contributed by atoms with Crippen LogP contribution in [0.1, 0.15) is 24.0 Å². The van der Waals surface area contributed by atoms with Crippen molar-refractivity contribution < 1.29 is 19.1 Å². The Morgan fingerprint density at radius 3 is 2.83 bits per heavy atom. The summed E-state index contributed by atoms with van der Waals surface area (Å²) in [6.45, 7) is 2.99. The maximum atomic E-state index is 12.9. The predicted octanol–water partition coefficient (Wildman–Crippen LogP) is 2.36. The highest BCUT2D eigenvalue weighted by Crippen LogP contribution is 2.31. The average Bonchev–Trinajstić information content (AvgIpc) is 3.16. The van der Waals surface area contributed by atoms with Gasteiger partial charge in [-0.25, -0.2) is 4.99 Å². The molecule has 0 spiro atoms. The summed E-state index contributed by atoms with van der Waals surface area (Å²) in [6, 6.07) is 8.02. The van der Waals surface area contributed by atoms with E-state index in [1.54, 1.807) is 12.2 Å². The third-order valence-corrected chi connectivity index (χ3v) is 5.28. The quantitative estimate of drug-likeness (QED) is 0.727. The van der Waals surface area contributed by atoms with Crippen molar-refractivity contribution in [2.24, 2.45) is 10.9 Å². The topological polar surface area (TPSA) is 80.2 Å². The number of allylic oxidation sites excluding steroid dienone is 1. The van der Waals surface area contributed by atoms with Crippen LogP contribution in [-0.2, 0) is 25.6 Å². The van der Waals surface area contributed by atoms with Crippen LogP contribution in [0.2, 0.25) is 0 Å². The Bertz CT molecular complexity index is 949. The Balaban J connectivity index is 1.29. The van der Waals surface area contributed by atoms with E-state index in [9.17, 15) is 9.59 Å². The summed E-state index contributed by atoms with van der Waals surface area (Å²) in [5.74, 6) is 0.393. The number of fused-ring (bicyclic) bond motifs is 2. The predicted molar refractivity (Wildman–Crippen MR) is 111 cm³/mol. The molecule has 0 bridgehead atoms. The highest BCUT2D eigenvalue weighted by Gasteiger charge is 2.38. The van der Waals surface area contributed by atoms with E-state index >= 15 is 0 Å². The lowest BCUT2D eigenvalue weighted by Gasteiger charge is -2.30. The molecule has 1 aromatic carbocycles. The van der Waals surface area contributed by atoms with Gasteiger partial charge in [-0.3, -0.25) is 14.5 Å². The number of ether oxygens (including phenoxy) is 2. The highest BCUT2D eigenvalue weighted by atomic mass is 32.1. The maximum Gasteiger partial charge on any atom is 0.241 e. The lowest BCUT2D eigenvalue weighted by atomic mass is 9.94. The number of rotatable bonds is 6. The average molecular weight is 411 g/mol. The van der Waals surface area contributed by atoms with Crippen LogP contribution in [0, 0.1) is 12.8 Å². The van der Waals surface area contributed by atoms with Crippen molar-refractivity contribution in [3.63, 3.8) is 0 Å². The third kappa shape index (κ3) is 4.22. The first-order valence-corrected chi connectivity index (χ1v) is 9.88. The number of amides is 2. The monoisotopic (exact) mass is 411 g/mol. The van der Waals surface area contributed by atoms with Crippen molar-refractivity contribution in [1.29, 1.82) is 0 Å². The van der Waals surface area contributed by atoms with Gasteiger partial charge in [-0.05, 0) is 37.2 Å². The molecule has 150 valence electrons. The van der Waals surface area contributed by atoms with Crippen LogP contribution in [-0.4, -0.2) is 40.9 Å². The summed E-state index contributed by atoms with van der Waals surface area (Å²) in [4.78, 5) is 30.8. The minimum Gasteiger partial charge on any atom is -0.454 e. The minimum absolute atomic E-state index is 0.0611. The largest absolute Gasteiger partial charge is 0.454 e. The van der Waals surface area contributed by atoms with Crippen molar-refractivity contribution >= 4 is 34.9 Å². The van der Waals surface area contributed by atoms with Crippen LogP contribution in [0.25, 0.3) is 0 Å². The fraction of sp³-hybridized carbons (Fsp3) is 0.333. The van der Waals surface area contributed by atoms with Gasteiger partial charge >= 0.3 is 0 Å². The molecule has 1 aromatic rings. The molecule has 1 fully saturated rings. The van der Waals surface area contributed by atoms with E-state index in [2.05, 4.69) is 10.3 Å². The van der Waals surface area contributed by atoms with Gasteiger partial charge in [0.1, 0.15) is 5.92 Å². The fourth-order valence-corrected chi connectivity index (χ4v) is 3.62. The van der Waals surface area contributed by atoms with Gasteiger partial charge in [-0.1, -0.05) is 29.8 Å². The molecule has 3 aliphatic rings. The Hall–Kier alpha value is -3.00. The van der Waals surface area contributed by atoms with Crippen LogP contribution >= 0.6 is 12.2 Å². The molecular formula is C21H21N3O4S. The number of hydrogen-bond acceptors (Lipinski definition) is 5. The molecule has 0 radical (unpaired) electrons. The van der Waals surface area contributed by atoms with Gasteiger partial charge in [0.05, 0.1) is 5.71 Å². The molecule has 2 heterocycles. The number of nitrogens with one attached hydrogen (secondary N) is 1. The Morgan fingerprint density at radius 2 is 2.03 bits per heavy atom. The second-order valence-electron chi connectivity index (χ2n) is 7.10. The molecule has 1 atom stereocenters. The summed E-state index contributed by atoms with van der Waals surface area (Å²) in [6.07, 6.45) is 4.22. The van der Waals surface area contributed by atoms with E-state index in [-0.39, 0.29) is 23.7 Å². The molecule has 2 aliphatic heterocycles. The molecular weight excluding hydrogens is 390 g/mol. The maximum absolute atomic E-state index is 12.9. The minimum atomic E-state index is -0.530. The van der Waals surface area contributed by atoms with E-state index in [1.165, 1.54) is 10.5 Å². The summed E-state index contributed by atoms with van der Waals surface area (Å²) in [7, 11) is 0. The standard InChI is InChI=1S/C21H21N3O4S/c1-13-4-6-14(7-5-13)11-22-19(25)3-2-8-24-20(26)15-9-17-18(28-12-27-17)10-16(15)23-21(24)29/h4-7,9-10,15H,2-3,8,11-12H2,1H3,(H,22,25). The van der Waals surface area contributed by atoms with E-state index in [1.807, 2.05) is 31.2 Å². The Morgan fingerprint density at radius 1 is 1.28 bits per heavy atom. The molecule has 0 aromatic heterocycles. The second-order valence-corrected chi connectivity index (χ2v) is 7.46. The Labute approximate surface area is 174 Å². The summed E-state index contributed by atoms with van der Waals surface area (Å²) in [5.41, 5.74) is 2.80. The highest BCUT2D eigenvalue weighted by molar-refractivity contribution is 7.80. The number of aliphatic imine (C=N–C) groups is 1.